The van der Waals surface area contributed by atoms with E-state index in [9.17, 15) is 0 Å². The second-order valence-corrected chi connectivity index (χ2v) is 10.1. The van der Waals surface area contributed by atoms with Crippen molar-refractivity contribution in [2.24, 2.45) is 5.92 Å². The van der Waals surface area contributed by atoms with Crippen LogP contribution in [-0.4, -0.2) is 22.8 Å². The molecule has 0 aliphatic carbocycles. The molecule has 3 heteroatoms. The van der Waals surface area contributed by atoms with Crippen molar-refractivity contribution in [3.8, 4) is 0 Å². The van der Waals surface area contributed by atoms with Gasteiger partial charge in [-0.1, -0.05) is 54.4 Å². The van der Waals surface area contributed by atoms with Crippen LogP contribution in [0.2, 0.25) is 10.6 Å². The molecule has 0 aromatic heterocycles. The molecule has 0 saturated carbocycles. The quantitative estimate of drug-likeness (QED) is 0.622. The average molecular weight is 246 g/mol. The molecule has 0 bridgehead atoms. The van der Waals surface area contributed by atoms with Gasteiger partial charge in [0.2, 0.25) is 0 Å². The highest BCUT2D eigenvalue weighted by Gasteiger charge is 2.55. The smallest absolute Gasteiger partial charge is 0.346 e. The molecule has 0 spiro atoms. The normalized spacial score (nSPS) is 13.9. The molecule has 0 heterocycles. The second-order valence-electron chi connectivity index (χ2n) is 5.47. The van der Waals surface area contributed by atoms with Gasteiger partial charge in [0.25, 0.3) is 0 Å². The lowest BCUT2D eigenvalue weighted by Gasteiger charge is -2.48. The van der Waals surface area contributed by atoms with Gasteiger partial charge in [-0.2, -0.15) is 0 Å². The van der Waals surface area contributed by atoms with Crippen molar-refractivity contribution in [2.75, 3.05) is 14.2 Å². The summed E-state index contributed by atoms with van der Waals surface area (Å²) in [4.78, 5) is 0. The third-order valence-electron chi connectivity index (χ3n) is 4.27. The predicted octanol–water partition coefficient (Wildman–Crippen LogP) is 4.35. The van der Waals surface area contributed by atoms with Crippen LogP contribution in [-0.2, 0) is 8.85 Å². The number of hydrogen-bond donors (Lipinski definition) is 0. The van der Waals surface area contributed by atoms with Crippen LogP contribution in [0.15, 0.2) is 0 Å². The standard InChI is InChI=1S/C13H30O2Si/c1-9-12(10-2)13(5,6)16(14-7,15-8)11(3)4/h11-12H,9-10H2,1-8H3. The summed E-state index contributed by atoms with van der Waals surface area (Å²) in [7, 11) is 1.49. The summed E-state index contributed by atoms with van der Waals surface area (Å²) in [5.41, 5.74) is 0.470. The molecule has 0 fully saturated rings. The molecule has 0 amide bonds. The summed E-state index contributed by atoms with van der Waals surface area (Å²) in [5.74, 6) is 0.668. The Morgan fingerprint density at radius 2 is 1.38 bits per heavy atom. The summed E-state index contributed by atoms with van der Waals surface area (Å²) in [6, 6.07) is 0. The summed E-state index contributed by atoms with van der Waals surface area (Å²) in [6.45, 7) is 13.6. The molecule has 0 radical (unpaired) electrons. The summed E-state index contributed by atoms with van der Waals surface area (Å²) in [6.07, 6.45) is 2.38. The number of hydrogen-bond acceptors (Lipinski definition) is 2. The molecule has 16 heavy (non-hydrogen) atoms. The van der Waals surface area contributed by atoms with Crippen LogP contribution in [0.1, 0.15) is 54.4 Å². The molecule has 98 valence electrons. The van der Waals surface area contributed by atoms with Gasteiger partial charge in [0.15, 0.2) is 0 Å². The Morgan fingerprint density at radius 3 is 1.56 bits per heavy atom. The molecule has 0 N–H and O–H groups in total. The van der Waals surface area contributed by atoms with Gasteiger partial charge < -0.3 is 8.85 Å². The first kappa shape index (κ1) is 16.1. The first-order chi connectivity index (χ1) is 7.33. The Morgan fingerprint density at radius 1 is 1.00 bits per heavy atom. The highest BCUT2D eigenvalue weighted by atomic mass is 28.4. The zero-order valence-electron chi connectivity index (χ0n) is 12.4. The van der Waals surface area contributed by atoms with Gasteiger partial charge >= 0.3 is 8.56 Å². The lowest BCUT2D eigenvalue weighted by Crippen LogP contribution is -2.55. The highest BCUT2D eigenvalue weighted by Crippen LogP contribution is 2.52. The van der Waals surface area contributed by atoms with Crippen molar-refractivity contribution in [3.05, 3.63) is 0 Å². The summed E-state index contributed by atoms with van der Waals surface area (Å²) >= 11 is 0. The van der Waals surface area contributed by atoms with E-state index in [2.05, 4.69) is 41.5 Å². The van der Waals surface area contributed by atoms with E-state index in [4.69, 9.17) is 8.85 Å². The first-order valence-corrected chi connectivity index (χ1v) is 8.33. The maximum atomic E-state index is 5.91. The second kappa shape index (κ2) is 6.17. The minimum Gasteiger partial charge on any atom is -0.397 e. The van der Waals surface area contributed by atoms with Crippen molar-refractivity contribution < 1.29 is 8.85 Å². The maximum absolute atomic E-state index is 5.91. The van der Waals surface area contributed by atoms with Crippen molar-refractivity contribution in [2.45, 2.75) is 65.0 Å². The molecule has 0 aliphatic heterocycles. The Hall–Kier alpha value is 0.137. The SMILES string of the molecule is CCC(CC)C(C)(C)[Si](OC)(OC)C(C)C. The van der Waals surface area contributed by atoms with Gasteiger partial charge in [-0.05, 0) is 11.5 Å². The van der Waals surface area contributed by atoms with Gasteiger partial charge in [0, 0.05) is 19.3 Å². The molecule has 2 nitrogen and oxygen atoms in total. The van der Waals surface area contributed by atoms with E-state index >= 15 is 0 Å². The fourth-order valence-electron chi connectivity index (χ4n) is 3.42. The van der Waals surface area contributed by atoms with Crippen molar-refractivity contribution in [1.82, 2.24) is 0 Å². The molecular formula is C13H30O2Si. The van der Waals surface area contributed by atoms with E-state index in [-0.39, 0.29) is 5.04 Å². The minimum atomic E-state index is -2.15. The number of rotatable bonds is 7. The van der Waals surface area contributed by atoms with Crippen LogP contribution in [0.5, 0.6) is 0 Å². The van der Waals surface area contributed by atoms with Gasteiger partial charge in [-0.15, -0.1) is 0 Å². The fraction of sp³-hybridized carbons (Fsp3) is 1.00. The van der Waals surface area contributed by atoms with Crippen LogP contribution in [0.25, 0.3) is 0 Å². The van der Waals surface area contributed by atoms with Crippen LogP contribution in [0.3, 0.4) is 0 Å². The Bertz CT molecular complexity index is 194. The molecule has 0 rings (SSSR count). The van der Waals surface area contributed by atoms with E-state index in [0.29, 0.717) is 11.5 Å². The van der Waals surface area contributed by atoms with Gasteiger partial charge in [0.1, 0.15) is 0 Å². The van der Waals surface area contributed by atoms with E-state index in [1.807, 2.05) is 14.2 Å². The molecule has 0 saturated heterocycles. The fourth-order valence-corrected chi connectivity index (χ4v) is 8.05. The Balaban J connectivity index is 5.32. The average Bonchev–Trinajstić information content (AvgIpc) is 2.20. The van der Waals surface area contributed by atoms with Gasteiger partial charge in [-0.3, -0.25) is 0 Å². The zero-order valence-corrected chi connectivity index (χ0v) is 13.4. The van der Waals surface area contributed by atoms with Crippen LogP contribution in [0, 0.1) is 5.92 Å². The van der Waals surface area contributed by atoms with Gasteiger partial charge in [0.05, 0.1) is 0 Å². The van der Waals surface area contributed by atoms with E-state index < -0.39 is 8.56 Å². The van der Waals surface area contributed by atoms with Gasteiger partial charge in [-0.25, -0.2) is 0 Å². The van der Waals surface area contributed by atoms with E-state index in [0.717, 1.165) is 0 Å². The third kappa shape index (κ3) is 2.52. The topological polar surface area (TPSA) is 18.5 Å². The molecule has 0 atom stereocenters. The zero-order chi connectivity index (χ0) is 13.0. The molecule has 0 aromatic rings. The predicted molar refractivity (Wildman–Crippen MR) is 73.0 cm³/mol. The maximum Gasteiger partial charge on any atom is 0.346 e. The van der Waals surface area contributed by atoms with Crippen molar-refractivity contribution in [1.29, 1.82) is 0 Å². The van der Waals surface area contributed by atoms with Crippen molar-refractivity contribution in [3.63, 3.8) is 0 Å². The van der Waals surface area contributed by atoms with E-state index in [1.165, 1.54) is 12.8 Å². The first-order valence-electron chi connectivity index (χ1n) is 6.44. The monoisotopic (exact) mass is 246 g/mol. The minimum absolute atomic E-state index is 0.147. The summed E-state index contributed by atoms with van der Waals surface area (Å²) < 4.78 is 11.8. The molecular weight excluding hydrogens is 216 g/mol. The highest BCUT2D eigenvalue weighted by molar-refractivity contribution is 6.72. The van der Waals surface area contributed by atoms with Crippen LogP contribution >= 0.6 is 0 Å². The molecule has 0 aromatic carbocycles. The third-order valence-corrected chi connectivity index (χ3v) is 9.21. The molecule has 0 aliphatic rings. The lowest BCUT2D eigenvalue weighted by molar-refractivity contribution is 0.171. The summed E-state index contributed by atoms with van der Waals surface area (Å²) in [5, 5.41) is 0.147. The molecule has 0 unspecified atom stereocenters. The van der Waals surface area contributed by atoms with Crippen LogP contribution < -0.4 is 0 Å². The van der Waals surface area contributed by atoms with E-state index in [1.54, 1.807) is 0 Å². The Kier molecular flexibility index (Phi) is 6.23. The van der Waals surface area contributed by atoms with Crippen molar-refractivity contribution >= 4 is 8.56 Å². The largest absolute Gasteiger partial charge is 0.397 e. The van der Waals surface area contributed by atoms with Crippen LogP contribution in [0.4, 0.5) is 0 Å². The Labute approximate surface area is 103 Å². The lowest BCUT2D eigenvalue weighted by atomic mass is 9.90.